The predicted molar refractivity (Wildman–Crippen MR) is 109 cm³/mol. The van der Waals surface area contributed by atoms with Crippen molar-refractivity contribution in [1.82, 2.24) is 10.9 Å². The number of nitrogens with zero attached hydrogens (tertiary/aromatic N) is 1. The molecule has 0 atom stereocenters. The molecule has 152 valence electrons. The predicted octanol–water partition coefficient (Wildman–Crippen LogP) is 2.77. The monoisotopic (exact) mass is 397 g/mol. The van der Waals surface area contributed by atoms with Crippen LogP contribution in [0.5, 0.6) is 11.5 Å². The maximum atomic E-state index is 12.3. The average molecular weight is 397 g/mol. The second-order valence-corrected chi connectivity index (χ2v) is 5.67. The van der Waals surface area contributed by atoms with Crippen LogP contribution < -0.4 is 20.4 Å². The summed E-state index contributed by atoms with van der Waals surface area (Å²) in [6.45, 7) is 4.72. The molecule has 0 aromatic heterocycles. The van der Waals surface area contributed by atoms with Crippen LogP contribution in [0.2, 0.25) is 0 Å². The van der Waals surface area contributed by atoms with Crippen LogP contribution in [-0.2, 0) is 4.79 Å². The van der Waals surface area contributed by atoms with Crippen LogP contribution in [-0.4, -0.2) is 36.4 Å². The minimum absolute atomic E-state index is 0.363. The van der Waals surface area contributed by atoms with Crippen molar-refractivity contribution in [2.75, 3.05) is 13.2 Å². The van der Waals surface area contributed by atoms with E-state index in [0.29, 0.717) is 41.4 Å². The van der Waals surface area contributed by atoms with E-state index in [-0.39, 0.29) is 0 Å². The number of carbonyl (C=O) groups is 2. The molecule has 0 bridgehead atoms. The third-order valence-electron chi connectivity index (χ3n) is 3.65. The summed E-state index contributed by atoms with van der Waals surface area (Å²) in [5.74, 6) is 0.0889. The molecule has 0 aliphatic rings. The highest BCUT2D eigenvalue weighted by molar-refractivity contribution is 5.96. The number of benzene rings is 2. The second-order valence-electron chi connectivity index (χ2n) is 5.67. The summed E-state index contributed by atoms with van der Waals surface area (Å²) < 4.78 is 11.2. The summed E-state index contributed by atoms with van der Waals surface area (Å²) in [6, 6.07) is 12.0. The Balaban J connectivity index is 2.11. The maximum Gasteiger partial charge on any atom is 0.271 e. The molecular weight excluding hydrogens is 374 g/mol. The van der Waals surface area contributed by atoms with Crippen LogP contribution in [0.25, 0.3) is 6.08 Å². The van der Waals surface area contributed by atoms with E-state index in [4.69, 9.17) is 14.7 Å². The topological polar surface area (TPSA) is 109 Å². The first-order valence-corrected chi connectivity index (χ1v) is 9.03. The third kappa shape index (κ3) is 6.47. The highest BCUT2D eigenvalue weighted by atomic mass is 16.5. The number of para-hydroxylation sites is 1. The van der Waals surface area contributed by atoms with Crippen molar-refractivity contribution in [2.24, 2.45) is 5.10 Å². The zero-order valence-electron chi connectivity index (χ0n) is 16.2. The molecule has 2 rings (SSSR count). The van der Waals surface area contributed by atoms with Gasteiger partial charge in [-0.3, -0.25) is 14.8 Å². The molecule has 0 radical (unpaired) electrons. The molecule has 8 nitrogen and oxygen atoms in total. The van der Waals surface area contributed by atoms with Gasteiger partial charge in [0.2, 0.25) is 0 Å². The smallest absolute Gasteiger partial charge is 0.271 e. The highest BCUT2D eigenvalue weighted by Crippen LogP contribution is 2.30. The molecule has 0 unspecified atom stereocenters. The molecule has 0 saturated heterocycles. The molecule has 0 aliphatic heterocycles. The molecule has 0 heterocycles. The van der Waals surface area contributed by atoms with Crippen LogP contribution >= 0.6 is 0 Å². The number of amides is 2. The van der Waals surface area contributed by atoms with Gasteiger partial charge in [-0.05, 0) is 49.8 Å². The van der Waals surface area contributed by atoms with Gasteiger partial charge in [0.1, 0.15) is 0 Å². The zero-order chi connectivity index (χ0) is 21.1. The normalized spacial score (nSPS) is 10.9. The first-order chi connectivity index (χ1) is 14.1. The van der Waals surface area contributed by atoms with E-state index >= 15 is 0 Å². The Labute approximate surface area is 168 Å². The molecule has 2 aromatic carbocycles. The SMILES string of the molecule is CCOc1cccc(/C=N\NC(=O)c2cccc(/C=C/C(=O)NO)c2)c1OCC. The minimum Gasteiger partial charge on any atom is -0.490 e. The number of hydrogen-bond acceptors (Lipinski definition) is 6. The zero-order valence-corrected chi connectivity index (χ0v) is 16.2. The number of rotatable bonds is 9. The number of hydroxylamine groups is 1. The number of ether oxygens (including phenoxy) is 2. The first-order valence-electron chi connectivity index (χ1n) is 9.03. The summed E-state index contributed by atoms with van der Waals surface area (Å²) in [6.07, 6.45) is 4.11. The Morgan fingerprint density at radius 1 is 1.10 bits per heavy atom. The maximum absolute atomic E-state index is 12.3. The summed E-state index contributed by atoms with van der Waals surface area (Å²) in [5.41, 5.74) is 5.61. The Hall–Kier alpha value is -3.65. The van der Waals surface area contributed by atoms with Crippen molar-refractivity contribution in [1.29, 1.82) is 0 Å². The van der Waals surface area contributed by atoms with Crippen molar-refractivity contribution >= 4 is 24.1 Å². The molecule has 0 spiro atoms. The second kappa shape index (κ2) is 11.3. The summed E-state index contributed by atoms with van der Waals surface area (Å²) in [4.78, 5) is 23.4. The molecule has 2 aromatic rings. The van der Waals surface area contributed by atoms with Crippen LogP contribution in [0.1, 0.15) is 35.3 Å². The van der Waals surface area contributed by atoms with Gasteiger partial charge in [-0.25, -0.2) is 10.9 Å². The summed E-state index contributed by atoms with van der Waals surface area (Å²) in [5, 5.41) is 12.5. The van der Waals surface area contributed by atoms with Gasteiger partial charge in [0, 0.05) is 17.2 Å². The van der Waals surface area contributed by atoms with Gasteiger partial charge in [0.15, 0.2) is 11.5 Å². The number of nitrogens with one attached hydrogen (secondary N) is 2. The van der Waals surface area contributed by atoms with Crippen LogP contribution in [0, 0.1) is 0 Å². The highest BCUT2D eigenvalue weighted by Gasteiger charge is 2.10. The molecular formula is C21H23N3O5. The molecule has 8 heteroatoms. The molecule has 0 aliphatic carbocycles. The van der Waals surface area contributed by atoms with Crippen molar-refractivity contribution < 1.29 is 24.3 Å². The van der Waals surface area contributed by atoms with Crippen molar-refractivity contribution in [3.63, 3.8) is 0 Å². The lowest BCUT2D eigenvalue weighted by atomic mass is 10.1. The van der Waals surface area contributed by atoms with Crippen molar-refractivity contribution in [3.8, 4) is 11.5 Å². The Morgan fingerprint density at radius 3 is 2.59 bits per heavy atom. The van der Waals surface area contributed by atoms with Gasteiger partial charge < -0.3 is 9.47 Å². The molecule has 0 saturated carbocycles. The van der Waals surface area contributed by atoms with Gasteiger partial charge in [-0.1, -0.05) is 18.2 Å². The van der Waals surface area contributed by atoms with Crippen LogP contribution in [0.3, 0.4) is 0 Å². The number of hydrazone groups is 1. The van der Waals surface area contributed by atoms with Gasteiger partial charge in [0.05, 0.1) is 19.4 Å². The largest absolute Gasteiger partial charge is 0.490 e. The quantitative estimate of drug-likeness (QED) is 0.261. The fourth-order valence-corrected chi connectivity index (χ4v) is 2.42. The van der Waals surface area contributed by atoms with E-state index in [1.165, 1.54) is 17.8 Å². The number of carbonyl (C=O) groups excluding carboxylic acids is 2. The van der Waals surface area contributed by atoms with Gasteiger partial charge >= 0.3 is 0 Å². The van der Waals surface area contributed by atoms with E-state index in [0.717, 1.165) is 6.08 Å². The molecule has 29 heavy (non-hydrogen) atoms. The van der Waals surface area contributed by atoms with Gasteiger partial charge in [0.25, 0.3) is 11.8 Å². The Kier molecular flexibility index (Phi) is 8.40. The van der Waals surface area contributed by atoms with Crippen LogP contribution in [0.15, 0.2) is 53.6 Å². The van der Waals surface area contributed by atoms with Gasteiger partial charge in [-0.15, -0.1) is 0 Å². The molecule has 3 N–H and O–H groups in total. The lowest BCUT2D eigenvalue weighted by Crippen LogP contribution is -2.17. The van der Waals surface area contributed by atoms with Crippen molar-refractivity contribution in [2.45, 2.75) is 13.8 Å². The summed E-state index contributed by atoms with van der Waals surface area (Å²) in [7, 11) is 0. The lowest BCUT2D eigenvalue weighted by molar-refractivity contribution is -0.124. The van der Waals surface area contributed by atoms with E-state index < -0.39 is 11.8 Å². The van der Waals surface area contributed by atoms with E-state index in [1.807, 2.05) is 19.9 Å². The Bertz CT molecular complexity index is 909. The minimum atomic E-state index is -0.663. The fraction of sp³-hybridized carbons (Fsp3) is 0.190. The van der Waals surface area contributed by atoms with Gasteiger partial charge in [-0.2, -0.15) is 5.10 Å². The fourth-order valence-electron chi connectivity index (χ4n) is 2.42. The molecule has 0 fully saturated rings. The number of hydrogen-bond donors (Lipinski definition) is 3. The van der Waals surface area contributed by atoms with E-state index in [1.54, 1.807) is 36.4 Å². The van der Waals surface area contributed by atoms with E-state index in [2.05, 4.69) is 10.5 Å². The van der Waals surface area contributed by atoms with E-state index in [9.17, 15) is 9.59 Å². The van der Waals surface area contributed by atoms with Crippen molar-refractivity contribution in [3.05, 3.63) is 65.2 Å². The standard InChI is InChI=1S/C21H23N3O5/c1-3-28-18-10-6-9-17(20(18)29-4-2)14-22-23-21(26)16-8-5-7-15(13-16)11-12-19(25)24-27/h5-14,27H,3-4H2,1-2H3,(H,23,26)(H,24,25)/b12-11+,22-14-. The summed E-state index contributed by atoms with van der Waals surface area (Å²) >= 11 is 0. The Morgan fingerprint density at radius 2 is 1.86 bits per heavy atom. The average Bonchev–Trinajstić information content (AvgIpc) is 2.74. The third-order valence-corrected chi connectivity index (χ3v) is 3.65. The molecule has 2 amide bonds. The van der Waals surface area contributed by atoms with Crippen LogP contribution in [0.4, 0.5) is 0 Å². The first kappa shape index (κ1) is 21.6. The lowest BCUT2D eigenvalue weighted by Gasteiger charge is -2.12.